The molecular weight excluding hydrogens is 388 g/mol. The molecule has 0 saturated heterocycles. The minimum absolute atomic E-state index is 0.0630. The standard InChI is InChI=1S/C23H32O7/c1-4-23(28,6-5-16-17(11-22(26)27)19(25)12-18(16)24)15-7-13-9-20(29-2)21(30-3)10-14(13)8-15/h5-6,9-10,15-19,24-25,28H,4,7-8,11-12H2,1-3H3,(H,26,27). The molecule has 2 aliphatic rings. The van der Waals surface area contributed by atoms with E-state index in [-0.39, 0.29) is 18.8 Å². The van der Waals surface area contributed by atoms with Gasteiger partial charge in [0.2, 0.25) is 0 Å². The summed E-state index contributed by atoms with van der Waals surface area (Å²) in [5.74, 6) is -0.820. The zero-order valence-electron chi connectivity index (χ0n) is 17.7. The van der Waals surface area contributed by atoms with Crippen LogP contribution in [0.4, 0.5) is 0 Å². The zero-order valence-corrected chi connectivity index (χ0v) is 17.7. The number of carboxylic acid groups (broad SMARTS) is 1. The van der Waals surface area contributed by atoms with Crippen LogP contribution in [-0.4, -0.2) is 58.4 Å². The number of benzene rings is 1. The van der Waals surface area contributed by atoms with Crippen LogP contribution in [-0.2, 0) is 17.6 Å². The normalized spacial score (nSPS) is 28.5. The molecule has 0 heterocycles. The molecule has 0 amide bonds. The monoisotopic (exact) mass is 420 g/mol. The molecule has 0 aromatic heterocycles. The van der Waals surface area contributed by atoms with E-state index in [4.69, 9.17) is 14.6 Å². The van der Waals surface area contributed by atoms with E-state index in [1.807, 2.05) is 19.1 Å². The quantitative estimate of drug-likeness (QED) is 0.475. The lowest BCUT2D eigenvalue weighted by Gasteiger charge is -2.31. The van der Waals surface area contributed by atoms with Gasteiger partial charge in [-0.25, -0.2) is 0 Å². The van der Waals surface area contributed by atoms with Gasteiger partial charge in [0.25, 0.3) is 0 Å². The van der Waals surface area contributed by atoms with Crippen LogP contribution in [0, 0.1) is 17.8 Å². The first-order chi connectivity index (χ1) is 14.2. The molecule has 2 aliphatic carbocycles. The van der Waals surface area contributed by atoms with Crippen LogP contribution < -0.4 is 9.47 Å². The number of carboxylic acids is 1. The molecule has 4 N–H and O–H groups in total. The van der Waals surface area contributed by atoms with E-state index in [0.29, 0.717) is 30.8 Å². The number of rotatable bonds is 8. The average Bonchev–Trinajstić information content (AvgIpc) is 3.25. The highest BCUT2D eigenvalue weighted by atomic mass is 16.5. The fourth-order valence-corrected chi connectivity index (χ4v) is 4.99. The molecule has 1 fully saturated rings. The maximum Gasteiger partial charge on any atom is 0.303 e. The first-order valence-electron chi connectivity index (χ1n) is 10.5. The maximum atomic E-state index is 11.4. The second-order valence-corrected chi connectivity index (χ2v) is 8.49. The van der Waals surface area contributed by atoms with E-state index in [0.717, 1.165) is 11.1 Å². The summed E-state index contributed by atoms with van der Waals surface area (Å²) in [6.07, 6.45) is 3.49. The molecule has 7 nitrogen and oxygen atoms in total. The Morgan fingerprint density at radius 1 is 1.13 bits per heavy atom. The third-order valence-electron chi connectivity index (χ3n) is 6.85. The minimum Gasteiger partial charge on any atom is -0.493 e. The number of carbonyl (C=O) groups is 1. The zero-order chi connectivity index (χ0) is 22.1. The van der Waals surface area contributed by atoms with E-state index >= 15 is 0 Å². The first kappa shape index (κ1) is 22.6. The van der Waals surface area contributed by atoms with Crippen molar-refractivity contribution in [3.63, 3.8) is 0 Å². The number of aliphatic hydroxyl groups is 3. The predicted molar refractivity (Wildman–Crippen MR) is 111 cm³/mol. The SMILES string of the molecule is CCC(O)(C=CC1C(O)CC(O)C1CC(=O)O)C1Cc2cc(OC)c(OC)cc2C1. The number of aliphatic carboxylic acids is 1. The largest absolute Gasteiger partial charge is 0.493 e. The van der Waals surface area contributed by atoms with Crippen LogP contribution in [0.3, 0.4) is 0 Å². The van der Waals surface area contributed by atoms with Crippen molar-refractivity contribution in [2.75, 3.05) is 14.2 Å². The Bertz CT molecular complexity index is 772. The maximum absolute atomic E-state index is 11.4. The summed E-state index contributed by atoms with van der Waals surface area (Å²) in [6, 6.07) is 3.90. The molecule has 5 unspecified atom stereocenters. The molecule has 7 heteroatoms. The Hall–Kier alpha value is -2.09. The van der Waals surface area contributed by atoms with Gasteiger partial charge in [-0.15, -0.1) is 0 Å². The van der Waals surface area contributed by atoms with Crippen molar-refractivity contribution in [1.29, 1.82) is 0 Å². The lowest BCUT2D eigenvalue weighted by atomic mass is 9.80. The van der Waals surface area contributed by atoms with Gasteiger partial charge in [-0.3, -0.25) is 4.79 Å². The van der Waals surface area contributed by atoms with Crippen LogP contribution in [0.15, 0.2) is 24.3 Å². The lowest BCUT2D eigenvalue weighted by Crippen LogP contribution is -2.36. The van der Waals surface area contributed by atoms with Crippen molar-refractivity contribution in [3.05, 3.63) is 35.4 Å². The molecule has 30 heavy (non-hydrogen) atoms. The Morgan fingerprint density at radius 2 is 1.70 bits per heavy atom. The third kappa shape index (κ3) is 4.33. The van der Waals surface area contributed by atoms with Crippen LogP contribution >= 0.6 is 0 Å². The molecule has 1 aromatic rings. The second kappa shape index (κ2) is 8.96. The minimum atomic E-state index is -1.11. The number of fused-ring (bicyclic) bond motifs is 1. The van der Waals surface area contributed by atoms with Gasteiger partial charge in [-0.2, -0.15) is 0 Å². The molecule has 0 bridgehead atoms. The van der Waals surface area contributed by atoms with Crippen molar-refractivity contribution in [1.82, 2.24) is 0 Å². The average molecular weight is 421 g/mol. The van der Waals surface area contributed by atoms with Crippen molar-refractivity contribution in [2.45, 2.75) is 56.8 Å². The van der Waals surface area contributed by atoms with Crippen molar-refractivity contribution in [2.24, 2.45) is 17.8 Å². The van der Waals surface area contributed by atoms with Gasteiger partial charge in [-0.1, -0.05) is 19.1 Å². The summed E-state index contributed by atoms with van der Waals surface area (Å²) in [4.78, 5) is 11.2. The molecule has 1 saturated carbocycles. The summed E-state index contributed by atoms with van der Waals surface area (Å²) in [5.41, 5.74) is 1.11. The van der Waals surface area contributed by atoms with E-state index in [1.54, 1.807) is 26.4 Å². The molecule has 3 rings (SSSR count). The summed E-state index contributed by atoms with van der Waals surface area (Å²) < 4.78 is 10.8. The summed E-state index contributed by atoms with van der Waals surface area (Å²) in [5, 5.41) is 41.0. The molecular formula is C23H32O7. The van der Waals surface area contributed by atoms with Crippen molar-refractivity contribution >= 4 is 5.97 Å². The van der Waals surface area contributed by atoms with Gasteiger partial charge >= 0.3 is 5.97 Å². The summed E-state index contributed by atoms with van der Waals surface area (Å²) in [6.45, 7) is 1.91. The Kier molecular flexibility index (Phi) is 6.75. The fourth-order valence-electron chi connectivity index (χ4n) is 4.99. The summed E-state index contributed by atoms with van der Waals surface area (Å²) >= 11 is 0. The number of methoxy groups -OCH3 is 2. The second-order valence-electron chi connectivity index (χ2n) is 8.49. The highest BCUT2D eigenvalue weighted by Crippen LogP contribution is 2.42. The molecule has 166 valence electrons. The summed E-state index contributed by atoms with van der Waals surface area (Å²) in [7, 11) is 3.19. The van der Waals surface area contributed by atoms with Gasteiger partial charge in [-0.05, 0) is 48.4 Å². The predicted octanol–water partition coefficient (Wildman–Crippen LogP) is 1.95. The molecule has 0 spiro atoms. The molecule has 1 aromatic carbocycles. The fraction of sp³-hybridized carbons (Fsp3) is 0.609. The van der Waals surface area contributed by atoms with Gasteiger partial charge < -0.3 is 29.9 Å². The van der Waals surface area contributed by atoms with Gasteiger partial charge in [0.15, 0.2) is 11.5 Å². The van der Waals surface area contributed by atoms with Crippen molar-refractivity contribution in [3.8, 4) is 11.5 Å². The van der Waals surface area contributed by atoms with E-state index in [9.17, 15) is 20.1 Å². The smallest absolute Gasteiger partial charge is 0.303 e. The van der Waals surface area contributed by atoms with E-state index in [1.165, 1.54) is 0 Å². The number of hydrogen-bond acceptors (Lipinski definition) is 6. The van der Waals surface area contributed by atoms with Crippen LogP contribution in [0.2, 0.25) is 0 Å². The van der Waals surface area contributed by atoms with Crippen LogP contribution in [0.5, 0.6) is 11.5 Å². The highest BCUT2D eigenvalue weighted by Gasteiger charge is 2.43. The highest BCUT2D eigenvalue weighted by molar-refractivity contribution is 5.67. The van der Waals surface area contributed by atoms with Gasteiger partial charge in [0.05, 0.1) is 38.4 Å². The number of hydrogen-bond donors (Lipinski definition) is 4. The Labute approximate surface area is 176 Å². The molecule has 0 aliphatic heterocycles. The van der Waals surface area contributed by atoms with Gasteiger partial charge in [0, 0.05) is 18.3 Å². The van der Waals surface area contributed by atoms with E-state index in [2.05, 4.69) is 0 Å². The van der Waals surface area contributed by atoms with Crippen LogP contribution in [0.1, 0.15) is 37.3 Å². The third-order valence-corrected chi connectivity index (χ3v) is 6.85. The Balaban J connectivity index is 1.81. The topological polar surface area (TPSA) is 116 Å². The Morgan fingerprint density at radius 3 is 2.17 bits per heavy atom. The van der Waals surface area contributed by atoms with Crippen LogP contribution in [0.25, 0.3) is 0 Å². The van der Waals surface area contributed by atoms with E-state index < -0.39 is 35.6 Å². The molecule has 5 atom stereocenters. The number of aliphatic hydroxyl groups excluding tert-OH is 2. The molecule has 0 radical (unpaired) electrons. The van der Waals surface area contributed by atoms with Gasteiger partial charge in [0.1, 0.15) is 0 Å². The first-order valence-corrected chi connectivity index (χ1v) is 10.5. The lowest BCUT2D eigenvalue weighted by molar-refractivity contribution is -0.139. The number of ether oxygens (including phenoxy) is 2. The van der Waals surface area contributed by atoms with Crippen molar-refractivity contribution < 1.29 is 34.7 Å².